The average molecular weight is 470 g/mol. The minimum atomic E-state index is -4.17. The maximum Gasteiger partial charge on any atom is 0.349 e. The molecular formula is C22H16ClN3O5S. The Morgan fingerprint density at radius 3 is 2.16 bits per heavy atom. The summed E-state index contributed by atoms with van der Waals surface area (Å²) < 4.78 is 33.9. The molecule has 1 aromatic heterocycles. The highest BCUT2D eigenvalue weighted by atomic mass is 35.5. The van der Waals surface area contributed by atoms with Crippen LogP contribution >= 0.6 is 11.6 Å². The zero-order valence-electron chi connectivity index (χ0n) is 16.3. The molecule has 0 amide bonds. The third kappa shape index (κ3) is 4.48. The molecular weight excluding hydrogens is 454 g/mol. The number of aliphatic carboxylic acids is 1. The Morgan fingerprint density at radius 2 is 1.50 bits per heavy atom. The maximum absolute atomic E-state index is 13.0. The van der Waals surface area contributed by atoms with Crippen LogP contribution in [-0.4, -0.2) is 29.5 Å². The van der Waals surface area contributed by atoms with E-state index in [1.165, 1.54) is 18.2 Å². The normalized spacial score (nSPS) is 12.3. The molecule has 1 atom stereocenters. The molecule has 10 heteroatoms. The van der Waals surface area contributed by atoms with E-state index in [4.69, 9.17) is 16.3 Å². The summed E-state index contributed by atoms with van der Waals surface area (Å²) in [5.74, 6) is -1.81. The molecule has 162 valence electrons. The summed E-state index contributed by atoms with van der Waals surface area (Å²) in [7, 11) is -4.17. The van der Waals surface area contributed by atoms with Crippen LogP contribution in [0, 0.1) is 0 Å². The van der Waals surface area contributed by atoms with Crippen molar-refractivity contribution in [2.24, 2.45) is 0 Å². The van der Waals surface area contributed by atoms with Crippen LogP contribution in [0.4, 0.5) is 5.82 Å². The van der Waals surface area contributed by atoms with Gasteiger partial charge in [0, 0.05) is 5.56 Å². The van der Waals surface area contributed by atoms with Crippen molar-refractivity contribution in [3.63, 3.8) is 0 Å². The monoisotopic (exact) mass is 469 g/mol. The summed E-state index contributed by atoms with van der Waals surface area (Å²) in [4.78, 5) is 20.4. The highest BCUT2D eigenvalue weighted by molar-refractivity contribution is 7.92. The molecule has 4 aromatic rings. The third-order valence-corrected chi connectivity index (χ3v) is 6.29. The van der Waals surface area contributed by atoms with Crippen molar-refractivity contribution in [2.45, 2.75) is 11.0 Å². The van der Waals surface area contributed by atoms with E-state index in [2.05, 4.69) is 14.7 Å². The van der Waals surface area contributed by atoms with Gasteiger partial charge in [0.25, 0.3) is 15.9 Å². The molecule has 0 aliphatic rings. The molecule has 8 nitrogen and oxygen atoms in total. The highest BCUT2D eigenvalue weighted by Gasteiger charge is 2.27. The van der Waals surface area contributed by atoms with Crippen LogP contribution in [0.25, 0.3) is 11.0 Å². The molecule has 0 fully saturated rings. The molecule has 1 heterocycles. The van der Waals surface area contributed by atoms with Crippen molar-refractivity contribution in [3.05, 3.63) is 89.4 Å². The molecule has 0 bridgehead atoms. The number of nitrogens with one attached hydrogen (secondary N) is 1. The van der Waals surface area contributed by atoms with E-state index < -0.39 is 22.1 Å². The van der Waals surface area contributed by atoms with Gasteiger partial charge in [-0.05, 0) is 24.3 Å². The van der Waals surface area contributed by atoms with E-state index in [-0.39, 0.29) is 21.6 Å². The Bertz CT molecular complexity index is 1400. The van der Waals surface area contributed by atoms with Crippen molar-refractivity contribution in [3.8, 4) is 5.88 Å². The molecule has 0 saturated heterocycles. The minimum absolute atomic E-state index is 0.0175. The Morgan fingerprint density at radius 1 is 0.906 bits per heavy atom. The fraction of sp³-hybridized carbons (Fsp3) is 0.0455. The smallest absolute Gasteiger partial charge is 0.349 e. The van der Waals surface area contributed by atoms with Crippen molar-refractivity contribution in [1.29, 1.82) is 0 Å². The number of fused-ring (bicyclic) bond motifs is 1. The summed E-state index contributed by atoms with van der Waals surface area (Å²) in [5, 5.41) is 9.73. The number of anilines is 1. The average Bonchev–Trinajstić information content (AvgIpc) is 2.78. The highest BCUT2D eigenvalue weighted by Crippen LogP contribution is 2.31. The minimum Gasteiger partial charge on any atom is -0.478 e. The summed E-state index contributed by atoms with van der Waals surface area (Å²) in [6.07, 6.45) is -1.43. The Labute approximate surface area is 188 Å². The van der Waals surface area contributed by atoms with E-state index in [0.29, 0.717) is 16.6 Å². The summed E-state index contributed by atoms with van der Waals surface area (Å²) in [6.45, 7) is 0. The topological polar surface area (TPSA) is 118 Å². The predicted molar refractivity (Wildman–Crippen MR) is 119 cm³/mol. The van der Waals surface area contributed by atoms with Crippen LogP contribution in [-0.2, 0) is 14.8 Å². The Kier molecular flexibility index (Phi) is 5.93. The zero-order valence-corrected chi connectivity index (χ0v) is 17.9. The molecule has 3 aromatic carbocycles. The second-order valence-electron chi connectivity index (χ2n) is 6.65. The predicted octanol–water partition coefficient (Wildman–Crippen LogP) is 4.29. The number of rotatable bonds is 7. The number of carbonyl (C=O) groups is 1. The van der Waals surface area contributed by atoms with Crippen molar-refractivity contribution in [2.75, 3.05) is 4.72 Å². The number of sulfonamides is 1. The van der Waals surface area contributed by atoms with E-state index in [1.54, 1.807) is 60.7 Å². The van der Waals surface area contributed by atoms with Crippen LogP contribution in [0.15, 0.2) is 83.8 Å². The molecule has 2 N–H and O–H groups in total. The maximum atomic E-state index is 13.0. The van der Waals surface area contributed by atoms with Crippen LogP contribution < -0.4 is 9.46 Å². The Balaban J connectivity index is 1.80. The van der Waals surface area contributed by atoms with E-state index in [9.17, 15) is 18.3 Å². The first-order valence-corrected chi connectivity index (χ1v) is 11.2. The number of ether oxygens (including phenoxy) is 1. The lowest BCUT2D eigenvalue weighted by Crippen LogP contribution is -2.21. The van der Waals surface area contributed by atoms with Gasteiger partial charge in [-0.2, -0.15) is 0 Å². The number of hydrogen-bond acceptors (Lipinski definition) is 6. The van der Waals surface area contributed by atoms with E-state index >= 15 is 0 Å². The molecule has 32 heavy (non-hydrogen) atoms. The van der Waals surface area contributed by atoms with Gasteiger partial charge < -0.3 is 9.84 Å². The molecule has 4 rings (SSSR count). The molecule has 0 spiro atoms. The van der Waals surface area contributed by atoms with Gasteiger partial charge in [-0.15, -0.1) is 0 Å². The number of aromatic nitrogens is 2. The number of halogens is 1. The van der Waals surface area contributed by atoms with Gasteiger partial charge in [-0.25, -0.2) is 23.2 Å². The molecule has 0 saturated carbocycles. The molecule has 0 radical (unpaired) electrons. The van der Waals surface area contributed by atoms with Gasteiger partial charge in [0.1, 0.15) is 4.90 Å². The SMILES string of the molecule is O=C(O)C(Oc1nc2ccccc2nc1NS(=O)(=O)c1ccccc1Cl)c1ccccc1. The van der Waals surface area contributed by atoms with E-state index in [1.807, 2.05) is 0 Å². The van der Waals surface area contributed by atoms with Crippen molar-refractivity contribution >= 4 is 44.4 Å². The lowest BCUT2D eigenvalue weighted by molar-refractivity contribution is -0.145. The summed E-state index contributed by atoms with van der Waals surface area (Å²) in [5.41, 5.74) is 1.15. The number of benzene rings is 3. The number of nitrogens with zero attached hydrogens (tertiary/aromatic N) is 2. The van der Waals surface area contributed by atoms with Crippen LogP contribution in [0.3, 0.4) is 0 Å². The fourth-order valence-corrected chi connectivity index (χ4v) is 4.50. The fourth-order valence-electron chi connectivity index (χ4n) is 2.98. The number of carboxylic acids is 1. The van der Waals surface area contributed by atoms with Gasteiger partial charge in [-0.3, -0.25) is 4.72 Å². The van der Waals surface area contributed by atoms with Gasteiger partial charge in [0.2, 0.25) is 11.9 Å². The Hall–Kier alpha value is -3.69. The molecule has 0 aliphatic heterocycles. The van der Waals surface area contributed by atoms with Gasteiger partial charge in [-0.1, -0.05) is 66.2 Å². The first-order valence-electron chi connectivity index (χ1n) is 9.34. The van der Waals surface area contributed by atoms with Crippen LogP contribution in [0.2, 0.25) is 5.02 Å². The zero-order chi connectivity index (χ0) is 22.7. The number of hydrogen-bond donors (Lipinski definition) is 2. The van der Waals surface area contributed by atoms with Gasteiger partial charge in [0.15, 0.2) is 0 Å². The van der Waals surface area contributed by atoms with Gasteiger partial charge >= 0.3 is 5.97 Å². The third-order valence-electron chi connectivity index (χ3n) is 4.45. The lowest BCUT2D eigenvalue weighted by atomic mass is 10.1. The van der Waals surface area contributed by atoms with Crippen LogP contribution in [0.1, 0.15) is 11.7 Å². The van der Waals surface area contributed by atoms with Gasteiger partial charge in [0.05, 0.1) is 16.1 Å². The quantitative estimate of drug-likeness (QED) is 0.414. The lowest BCUT2D eigenvalue weighted by Gasteiger charge is -2.18. The van der Waals surface area contributed by atoms with E-state index in [0.717, 1.165) is 0 Å². The summed E-state index contributed by atoms with van der Waals surface area (Å²) >= 11 is 6.05. The first kappa shape index (κ1) is 21.5. The van der Waals surface area contributed by atoms with Crippen LogP contribution in [0.5, 0.6) is 5.88 Å². The second kappa shape index (κ2) is 8.81. The standard InChI is InChI=1S/C22H16ClN3O5S/c23-15-10-4-7-13-18(15)32(29,30)26-20-21(25-17-12-6-5-11-16(17)24-20)31-19(22(27)28)14-8-2-1-3-9-14/h1-13,19H,(H,24,26)(H,27,28). The second-order valence-corrected chi connectivity index (χ2v) is 8.71. The largest absolute Gasteiger partial charge is 0.478 e. The van der Waals surface area contributed by atoms with Crippen molar-refractivity contribution < 1.29 is 23.1 Å². The number of carboxylic acid groups (broad SMARTS) is 1. The van der Waals surface area contributed by atoms with Crippen molar-refractivity contribution in [1.82, 2.24) is 9.97 Å². The molecule has 0 aliphatic carbocycles. The number of para-hydroxylation sites is 2. The molecule has 1 unspecified atom stereocenters. The first-order chi connectivity index (χ1) is 15.3. The summed E-state index contributed by atoms with van der Waals surface area (Å²) in [6, 6.07) is 20.9.